The Labute approximate surface area is 613 Å². The van der Waals surface area contributed by atoms with Crippen LogP contribution in [0.3, 0.4) is 0 Å². The van der Waals surface area contributed by atoms with Crippen molar-refractivity contribution in [2.75, 3.05) is 39.6 Å². The molecule has 0 heterocycles. The van der Waals surface area contributed by atoms with Crippen LogP contribution in [0.4, 0.5) is 0 Å². The number of hydrogen-bond acceptors (Lipinski definition) is 15. The van der Waals surface area contributed by atoms with Gasteiger partial charge in [0.15, 0.2) is 12.2 Å². The summed E-state index contributed by atoms with van der Waals surface area (Å²) in [6.07, 6.45) is 62.9. The normalized spacial score (nSPS) is 14.2. The van der Waals surface area contributed by atoms with Crippen LogP contribution in [-0.2, 0) is 65.4 Å². The maximum atomic E-state index is 13.1. The summed E-state index contributed by atoms with van der Waals surface area (Å²) in [5.41, 5.74) is 0. The molecule has 3 N–H and O–H groups in total. The van der Waals surface area contributed by atoms with Gasteiger partial charge in [0.25, 0.3) is 0 Å². The van der Waals surface area contributed by atoms with Crippen LogP contribution in [0.15, 0.2) is 0 Å². The fraction of sp³-hybridized carbons (Fsp3) is 0.951. The van der Waals surface area contributed by atoms with E-state index in [1.807, 2.05) is 0 Å². The first kappa shape index (κ1) is 98.1. The van der Waals surface area contributed by atoms with Gasteiger partial charge < -0.3 is 33.8 Å². The Balaban J connectivity index is 5.11. The van der Waals surface area contributed by atoms with E-state index in [2.05, 4.69) is 41.5 Å². The molecule has 0 aliphatic heterocycles. The number of carbonyl (C=O) groups excluding carboxylic acids is 4. The molecule has 0 spiro atoms. The number of phosphoric ester groups is 2. The largest absolute Gasteiger partial charge is 0.472 e. The van der Waals surface area contributed by atoms with Gasteiger partial charge >= 0.3 is 39.5 Å². The monoisotopic (exact) mass is 1470 g/mol. The number of ether oxygens (including phenoxy) is 4. The van der Waals surface area contributed by atoms with Gasteiger partial charge in [0.1, 0.15) is 19.3 Å². The van der Waals surface area contributed by atoms with Crippen molar-refractivity contribution in [1.29, 1.82) is 0 Å². The molecule has 19 heteroatoms. The Morgan fingerprint density at radius 1 is 0.290 bits per heavy atom. The van der Waals surface area contributed by atoms with Crippen molar-refractivity contribution < 1.29 is 80.2 Å². The third-order valence-corrected chi connectivity index (χ3v) is 21.2. The molecule has 0 radical (unpaired) electrons. The van der Waals surface area contributed by atoms with Crippen LogP contribution in [0.2, 0.25) is 0 Å². The predicted octanol–water partition coefficient (Wildman–Crippen LogP) is 24.3. The SMILES string of the molecule is CCCCCCCCCCCCCCCCCCCC(=O)OC[C@H](COP(=O)(O)OC[C@@H](O)COP(=O)(O)OC[C@@H](COC(=O)CCCCCCC)OC(=O)CCCCCCCCCCCCCCCC(C)C)OC(=O)CCCCCCCCCCCCCCCCCCCCC(C)CC. The summed E-state index contributed by atoms with van der Waals surface area (Å²) in [4.78, 5) is 72.7. The van der Waals surface area contributed by atoms with Gasteiger partial charge in [0.05, 0.1) is 26.4 Å². The lowest BCUT2D eigenvalue weighted by Crippen LogP contribution is -2.30. The number of esters is 4. The zero-order valence-electron chi connectivity index (χ0n) is 65.5. The topological polar surface area (TPSA) is 237 Å². The maximum absolute atomic E-state index is 13.1. The van der Waals surface area contributed by atoms with Crippen LogP contribution in [0.5, 0.6) is 0 Å². The Hall–Kier alpha value is -1.94. The zero-order valence-corrected chi connectivity index (χ0v) is 67.3. The molecule has 0 bridgehead atoms. The molecule has 0 rings (SSSR count). The molecule has 0 aliphatic rings. The first-order valence-corrected chi connectivity index (χ1v) is 45.0. The first-order valence-electron chi connectivity index (χ1n) is 42.0. The van der Waals surface area contributed by atoms with Crippen molar-refractivity contribution in [2.45, 2.75) is 445 Å². The van der Waals surface area contributed by atoms with Crippen LogP contribution < -0.4 is 0 Å². The van der Waals surface area contributed by atoms with Gasteiger partial charge in [0, 0.05) is 25.7 Å². The van der Waals surface area contributed by atoms with E-state index in [1.165, 1.54) is 238 Å². The summed E-state index contributed by atoms with van der Waals surface area (Å²) in [6, 6.07) is 0. The third kappa shape index (κ3) is 73.0. The summed E-state index contributed by atoms with van der Waals surface area (Å²) in [5.74, 6) is -0.462. The van der Waals surface area contributed by atoms with Crippen molar-refractivity contribution in [2.24, 2.45) is 11.8 Å². The van der Waals surface area contributed by atoms with Gasteiger partial charge in [-0.15, -0.1) is 0 Å². The van der Waals surface area contributed by atoms with E-state index in [1.54, 1.807) is 0 Å². The molecule has 0 aromatic rings. The summed E-state index contributed by atoms with van der Waals surface area (Å²) in [5, 5.41) is 10.6. The standard InChI is InChI=1S/C81H158O17P2/c1-7-10-12-14-15-16-17-18-19-22-26-31-36-41-46-52-58-64-79(84)92-70-77(98-81(86)66-59-53-47-42-37-32-27-24-21-20-23-25-30-35-40-45-51-56-62-74(6)9-3)72-96-100(89,90)94-68-75(82)67-93-99(87,88)95-71-76(69-91-78(83)63-57-49-13-11-8-2)97-80(85)65-60-54-48-43-38-33-28-29-34-39-44-50-55-61-73(4)5/h73-77,82H,7-72H2,1-6H3,(H,87,88)(H,89,90)/t74?,75-,76+,77+/m0/s1. The summed E-state index contributed by atoms with van der Waals surface area (Å²) in [6.45, 7) is 9.63. The fourth-order valence-electron chi connectivity index (χ4n) is 12.5. The van der Waals surface area contributed by atoms with E-state index in [-0.39, 0.29) is 25.7 Å². The molecular formula is C81H158O17P2. The summed E-state index contributed by atoms with van der Waals surface area (Å²) >= 11 is 0. The number of carbonyl (C=O) groups is 4. The second kappa shape index (κ2) is 72.6. The van der Waals surface area contributed by atoms with Crippen molar-refractivity contribution in [3.8, 4) is 0 Å². The van der Waals surface area contributed by atoms with E-state index in [4.69, 9.17) is 37.0 Å². The molecule has 0 saturated heterocycles. The molecule has 17 nitrogen and oxygen atoms in total. The van der Waals surface area contributed by atoms with Crippen molar-refractivity contribution >= 4 is 39.5 Å². The van der Waals surface area contributed by atoms with Crippen molar-refractivity contribution in [3.05, 3.63) is 0 Å². The minimum Gasteiger partial charge on any atom is -0.462 e. The van der Waals surface area contributed by atoms with Gasteiger partial charge in [-0.1, -0.05) is 375 Å². The Morgan fingerprint density at radius 3 is 0.760 bits per heavy atom. The highest BCUT2D eigenvalue weighted by atomic mass is 31.2. The smallest absolute Gasteiger partial charge is 0.462 e. The van der Waals surface area contributed by atoms with E-state index in [0.29, 0.717) is 25.7 Å². The Morgan fingerprint density at radius 2 is 0.510 bits per heavy atom. The average molecular weight is 1470 g/mol. The van der Waals surface area contributed by atoms with Crippen molar-refractivity contribution in [3.63, 3.8) is 0 Å². The van der Waals surface area contributed by atoms with E-state index < -0.39 is 97.5 Å². The van der Waals surface area contributed by atoms with Gasteiger partial charge in [-0.25, -0.2) is 9.13 Å². The number of rotatable bonds is 80. The van der Waals surface area contributed by atoms with Crippen LogP contribution in [0.1, 0.15) is 427 Å². The molecular weight excluding hydrogens is 1310 g/mol. The molecule has 0 saturated carbocycles. The predicted molar refractivity (Wildman–Crippen MR) is 409 cm³/mol. The lowest BCUT2D eigenvalue weighted by atomic mass is 9.99. The van der Waals surface area contributed by atoms with Gasteiger partial charge in [0.2, 0.25) is 0 Å². The van der Waals surface area contributed by atoms with Gasteiger partial charge in [-0.2, -0.15) is 0 Å². The fourth-order valence-corrected chi connectivity index (χ4v) is 14.1. The maximum Gasteiger partial charge on any atom is 0.472 e. The second-order valence-electron chi connectivity index (χ2n) is 29.9. The minimum atomic E-state index is -4.96. The second-order valence-corrected chi connectivity index (χ2v) is 32.8. The average Bonchev–Trinajstić information content (AvgIpc) is 0.916. The first-order chi connectivity index (χ1) is 48.4. The molecule has 0 aromatic heterocycles. The summed E-state index contributed by atoms with van der Waals surface area (Å²) in [7, 11) is -9.91. The number of aliphatic hydroxyl groups excluding tert-OH is 1. The molecule has 0 amide bonds. The molecule has 0 aromatic carbocycles. The lowest BCUT2D eigenvalue weighted by Gasteiger charge is -2.21. The molecule has 100 heavy (non-hydrogen) atoms. The Kier molecular flexibility index (Phi) is 71.2. The van der Waals surface area contributed by atoms with Crippen LogP contribution in [0, 0.1) is 11.8 Å². The van der Waals surface area contributed by atoms with Crippen molar-refractivity contribution in [1.82, 2.24) is 0 Å². The van der Waals surface area contributed by atoms with E-state index in [0.717, 1.165) is 108 Å². The number of phosphoric acid groups is 2. The van der Waals surface area contributed by atoms with Crippen LogP contribution in [-0.4, -0.2) is 96.7 Å². The molecule has 6 atom stereocenters. The van der Waals surface area contributed by atoms with Gasteiger partial charge in [-0.05, 0) is 37.5 Å². The Bertz CT molecular complexity index is 1930. The molecule has 0 aliphatic carbocycles. The third-order valence-electron chi connectivity index (χ3n) is 19.3. The quantitative estimate of drug-likeness (QED) is 0.0222. The highest BCUT2D eigenvalue weighted by molar-refractivity contribution is 7.47. The highest BCUT2D eigenvalue weighted by Crippen LogP contribution is 2.45. The molecule has 594 valence electrons. The summed E-state index contributed by atoms with van der Waals surface area (Å²) < 4.78 is 68.5. The van der Waals surface area contributed by atoms with E-state index >= 15 is 0 Å². The van der Waals surface area contributed by atoms with Crippen LogP contribution >= 0.6 is 15.6 Å². The number of hydrogen-bond donors (Lipinski definition) is 3. The lowest BCUT2D eigenvalue weighted by molar-refractivity contribution is -0.161. The number of aliphatic hydroxyl groups is 1. The van der Waals surface area contributed by atoms with Gasteiger partial charge in [-0.3, -0.25) is 37.3 Å². The molecule has 0 fully saturated rings. The minimum absolute atomic E-state index is 0.107. The zero-order chi connectivity index (χ0) is 73.5. The molecule has 3 unspecified atom stereocenters. The highest BCUT2D eigenvalue weighted by Gasteiger charge is 2.30. The number of unbranched alkanes of at least 4 members (excludes halogenated alkanes) is 49. The van der Waals surface area contributed by atoms with E-state index in [9.17, 15) is 43.2 Å². The van der Waals surface area contributed by atoms with Crippen LogP contribution in [0.25, 0.3) is 0 Å².